The van der Waals surface area contributed by atoms with Gasteiger partial charge in [-0.2, -0.15) is 0 Å². The number of amidine groups is 1. The fourth-order valence-electron chi connectivity index (χ4n) is 1.93. The highest BCUT2D eigenvalue weighted by Gasteiger charge is 2.12. The van der Waals surface area contributed by atoms with Gasteiger partial charge < -0.3 is 20.6 Å². The molecule has 0 aromatic heterocycles. The van der Waals surface area contributed by atoms with Gasteiger partial charge in [0.1, 0.15) is 0 Å². The van der Waals surface area contributed by atoms with Crippen LogP contribution in [0.2, 0.25) is 0 Å². The van der Waals surface area contributed by atoms with Gasteiger partial charge in [-0.05, 0) is 40.0 Å². The Labute approximate surface area is 128 Å². The van der Waals surface area contributed by atoms with Crippen molar-refractivity contribution in [3.8, 4) is 0 Å². The maximum absolute atomic E-state index is 8.74. The lowest BCUT2D eigenvalue weighted by molar-refractivity contribution is 0.204. The zero-order chi connectivity index (χ0) is 15.1. The molecule has 0 aliphatic rings. The molecule has 1 rings (SSSR count). The molecule has 0 atom stereocenters. The summed E-state index contributed by atoms with van der Waals surface area (Å²) in [6.45, 7) is 6.80. The number of nitrogens with two attached hydrogens (primary N) is 1. The van der Waals surface area contributed by atoms with Gasteiger partial charge in [-0.15, -0.1) is 0 Å². The third-order valence-electron chi connectivity index (χ3n) is 2.85. The Morgan fingerprint density at radius 2 is 2.20 bits per heavy atom. The normalized spacial score (nSPS) is 11.9. The van der Waals surface area contributed by atoms with E-state index in [2.05, 4.69) is 39.8 Å². The Hall–Kier alpha value is -1.27. The van der Waals surface area contributed by atoms with Gasteiger partial charge in [-0.1, -0.05) is 19.0 Å². The zero-order valence-electron chi connectivity index (χ0n) is 12.1. The fraction of sp³-hybridized carbons (Fsp3) is 0.500. The van der Waals surface area contributed by atoms with Crippen LogP contribution in [-0.2, 0) is 4.74 Å². The zero-order valence-corrected chi connectivity index (χ0v) is 13.7. The summed E-state index contributed by atoms with van der Waals surface area (Å²) in [6, 6.07) is 5.79. The maximum atomic E-state index is 8.74. The number of rotatable bonds is 7. The van der Waals surface area contributed by atoms with Gasteiger partial charge in [0.2, 0.25) is 0 Å². The molecule has 0 saturated heterocycles. The van der Waals surface area contributed by atoms with Gasteiger partial charge in [-0.25, -0.2) is 0 Å². The molecular formula is C14H22BrN3O2. The SMILES string of the molecule is COCCN(CC(C)C)c1ccc(/C(N)=N/O)c(Br)c1. The molecule has 1 aromatic rings. The summed E-state index contributed by atoms with van der Waals surface area (Å²) >= 11 is 3.46. The van der Waals surface area contributed by atoms with E-state index in [1.165, 1.54) is 0 Å². The molecule has 0 heterocycles. The number of benzene rings is 1. The van der Waals surface area contributed by atoms with E-state index in [-0.39, 0.29) is 5.84 Å². The predicted molar refractivity (Wildman–Crippen MR) is 85.6 cm³/mol. The number of hydrogen-bond acceptors (Lipinski definition) is 4. The van der Waals surface area contributed by atoms with Gasteiger partial charge in [0, 0.05) is 35.9 Å². The molecule has 0 bridgehead atoms. The van der Waals surface area contributed by atoms with Crippen molar-refractivity contribution in [3.05, 3.63) is 28.2 Å². The second-order valence-corrected chi connectivity index (χ2v) is 5.84. The van der Waals surface area contributed by atoms with E-state index in [9.17, 15) is 0 Å². The molecule has 0 saturated carbocycles. The van der Waals surface area contributed by atoms with Gasteiger partial charge >= 0.3 is 0 Å². The molecule has 0 spiro atoms. The first-order valence-corrected chi connectivity index (χ1v) is 7.30. The van der Waals surface area contributed by atoms with Crippen molar-refractivity contribution in [3.63, 3.8) is 0 Å². The molecular weight excluding hydrogens is 322 g/mol. The van der Waals surface area contributed by atoms with E-state index < -0.39 is 0 Å². The smallest absolute Gasteiger partial charge is 0.171 e. The quantitative estimate of drug-likeness (QED) is 0.345. The molecule has 3 N–H and O–H groups in total. The van der Waals surface area contributed by atoms with E-state index in [1.54, 1.807) is 7.11 Å². The molecule has 0 amide bonds. The summed E-state index contributed by atoms with van der Waals surface area (Å²) in [5, 5.41) is 11.8. The Bertz CT molecular complexity index is 464. The molecule has 0 unspecified atom stereocenters. The van der Waals surface area contributed by atoms with Crippen molar-refractivity contribution < 1.29 is 9.94 Å². The van der Waals surface area contributed by atoms with Crippen LogP contribution in [0, 0.1) is 5.92 Å². The first-order chi connectivity index (χ1) is 9.49. The van der Waals surface area contributed by atoms with Gasteiger partial charge in [0.05, 0.1) is 6.61 Å². The predicted octanol–water partition coefficient (Wildman–Crippen LogP) is 2.65. The van der Waals surface area contributed by atoms with Crippen LogP contribution in [0.4, 0.5) is 5.69 Å². The third kappa shape index (κ3) is 4.68. The van der Waals surface area contributed by atoms with E-state index in [0.717, 1.165) is 23.2 Å². The van der Waals surface area contributed by atoms with E-state index >= 15 is 0 Å². The number of oxime groups is 1. The number of ether oxygens (including phenoxy) is 1. The van der Waals surface area contributed by atoms with Crippen LogP contribution in [0.25, 0.3) is 0 Å². The van der Waals surface area contributed by atoms with Crippen molar-refractivity contribution in [1.29, 1.82) is 0 Å². The summed E-state index contributed by atoms with van der Waals surface area (Å²) in [7, 11) is 1.70. The average molecular weight is 344 g/mol. The first-order valence-electron chi connectivity index (χ1n) is 6.51. The first kappa shape index (κ1) is 16.8. The summed E-state index contributed by atoms with van der Waals surface area (Å²) in [5.74, 6) is 0.644. The molecule has 1 aromatic carbocycles. The standard InChI is InChI=1S/C14H22BrN3O2/c1-10(2)9-18(6-7-20-3)11-4-5-12(13(15)8-11)14(16)17-19/h4-5,8,10,19H,6-7,9H2,1-3H3,(H2,16,17). The molecule has 112 valence electrons. The lowest BCUT2D eigenvalue weighted by atomic mass is 10.1. The van der Waals surface area contributed by atoms with Crippen LogP contribution in [0.5, 0.6) is 0 Å². The highest BCUT2D eigenvalue weighted by Crippen LogP contribution is 2.24. The molecule has 0 fully saturated rings. The van der Waals surface area contributed by atoms with Crippen LogP contribution < -0.4 is 10.6 Å². The summed E-state index contributed by atoms with van der Waals surface area (Å²) in [4.78, 5) is 2.26. The number of nitrogens with zero attached hydrogens (tertiary/aromatic N) is 2. The summed E-state index contributed by atoms with van der Waals surface area (Å²) in [5.41, 5.74) is 7.37. The monoisotopic (exact) mass is 343 g/mol. The van der Waals surface area contributed by atoms with Crippen LogP contribution in [0.1, 0.15) is 19.4 Å². The summed E-state index contributed by atoms with van der Waals surface area (Å²) < 4.78 is 5.96. The average Bonchev–Trinajstić information content (AvgIpc) is 2.42. The number of methoxy groups -OCH3 is 1. The molecule has 0 aliphatic heterocycles. The fourth-order valence-corrected chi connectivity index (χ4v) is 2.50. The largest absolute Gasteiger partial charge is 0.409 e. The van der Waals surface area contributed by atoms with Crippen LogP contribution in [-0.4, -0.2) is 37.8 Å². The van der Waals surface area contributed by atoms with Gasteiger partial charge in [0.25, 0.3) is 0 Å². The minimum Gasteiger partial charge on any atom is -0.409 e. The number of halogens is 1. The molecule has 0 aliphatic carbocycles. The Morgan fingerprint density at radius 3 is 2.70 bits per heavy atom. The van der Waals surface area contributed by atoms with E-state index in [0.29, 0.717) is 18.1 Å². The Kier molecular flexibility index (Phi) is 6.81. The second-order valence-electron chi connectivity index (χ2n) is 4.98. The third-order valence-corrected chi connectivity index (χ3v) is 3.51. The molecule has 6 heteroatoms. The van der Waals surface area contributed by atoms with Crippen LogP contribution in [0.3, 0.4) is 0 Å². The van der Waals surface area contributed by atoms with Crippen LogP contribution >= 0.6 is 15.9 Å². The van der Waals surface area contributed by atoms with Crippen molar-refractivity contribution >= 4 is 27.5 Å². The Balaban J connectivity index is 2.99. The van der Waals surface area contributed by atoms with Crippen LogP contribution in [0.15, 0.2) is 27.8 Å². The highest BCUT2D eigenvalue weighted by atomic mass is 79.9. The van der Waals surface area contributed by atoms with Gasteiger partial charge in [0.15, 0.2) is 5.84 Å². The Morgan fingerprint density at radius 1 is 1.50 bits per heavy atom. The second kappa shape index (κ2) is 8.11. The van der Waals surface area contributed by atoms with Crippen molar-refractivity contribution in [1.82, 2.24) is 0 Å². The molecule has 20 heavy (non-hydrogen) atoms. The van der Waals surface area contributed by atoms with E-state index in [1.807, 2.05) is 18.2 Å². The molecule has 0 radical (unpaired) electrons. The number of hydrogen-bond donors (Lipinski definition) is 2. The van der Waals surface area contributed by atoms with E-state index in [4.69, 9.17) is 15.7 Å². The topological polar surface area (TPSA) is 71.1 Å². The number of anilines is 1. The van der Waals surface area contributed by atoms with Crippen molar-refractivity contribution in [2.24, 2.45) is 16.8 Å². The minimum atomic E-state index is 0.0933. The lowest BCUT2D eigenvalue weighted by Gasteiger charge is -2.27. The maximum Gasteiger partial charge on any atom is 0.171 e. The van der Waals surface area contributed by atoms with Gasteiger partial charge in [-0.3, -0.25) is 0 Å². The summed E-state index contributed by atoms with van der Waals surface area (Å²) in [6.07, 6.45) is 0. The van der Waals surface area contributed by atoms with Crippen molar-refractivity contribution in [2.75, 3.05) is 31.7 Å². The molecule has 5 nitrogen and oxygen atoms in total. The lowest BCUT2D eigenvalue weighted by Crippen LogP contribution is -2.31. The minimum absolute atomic E-state index is 0.0933. The highest BCUT2D eigenvalue weighted by molar-refractivity contribution is 9.10. The van der Waals surface area contributed by atoms with Crippen molar-refractivity contribution in [2.45, 2.75) is 13.8 Å².